The zero-order valence-corrected chi connectivity index (χ0v) is 10.7. The Bertz CT molecular complexity index is 365. The van der Waals surface area contributed by atoms with Gasteiger partial charge < -0.3 is 4.90 Å². The van der Waals surface area contributed by atoms with Crippen LogP contribution in [0, 0.1) is 0 Å². The Hall–Kier alpha value is -1.48. The third kappa shape index (κ3) is 4.91. The van der Waals surface area contributed by atoms with E-state index in [9.17, 15) is 4.79 Å². The van der Waals surface area contributed by atoms with Crippen LogP contribution in [0.25, 0.3) is 0 Å². The highest BCUT2D eigenvalue weighted by Crippen LogP contribution is 2.15. The van der Waals surface area contributed by atoms with E-state index < -0.39 is 0 Å². The van der Waals surface area contributed by atoms with Crippen molar-refractivity contribution < 1.29 is 4.79 Å². The standard InChI is InChI=1S/C14H17NOS/c1-3-10-15(11-4-2)14(16)17-12-13-8-6-5-7-9-13/h3-9H,1-2,10-12H2. The molecule has 0 saturated heterocycles. The van der Waals surface area contributed by atoms with Gasteiger partial charge in [-0.25, -0.2) is 0 Å². The number of nitrogens with zero attached hydrogens (tertiary/aromatic N) is 1. The summed E-state index contributed by atoms with van der Waals surface area (Å²) in [6.07, 6.45) is 3.45. The van der Waals surface area contributed by atoms with Gasteiger partial charge in [0, 0.05) is 18.8 Å². The van der Waals surface area contributed by atoms with Gasteiger partial charge in [0.15, 0.2) is 0 Å². The van der Waals surface area contributed by atoms with Crippen LogP contribution in [0.1, 0.15) is 5.56 Å². The summed E-state index contributed by atoms with van der Waals surface area (Å²) in [4.78, 5) is 13.6. The van der Waals surface area contributed by atoms with Crippen molar-refractivity contribution in [2.24, 2.45) is 0 Å². The molecular formula is C14H17NOS. The smallest absolute Gasteiger partial charge is 0.282 e. The number of hydrogen-bond acceptors (Lipinski definition) is 2. The maximum atomic E-state index is 11.9. The Morgan fingerprint density at radius 1 is 1.18 bits per heavy atom. The minimum atomic E-state index is 0.0636. The quantitative estimate of drug-likeness (QED) is 0.714. The molecule has 0 aromatic heterocycles. The van der Waals surface area contributed by atoms with E-state index in [1.165, 1.54) is 11.8 Å². The first-order chi connectivity index (χ1) is 8.27. The summed E-state index contributed by atoms with van der Waals surface area (Å²) in [6.45, 7) is 8.42. The van der Waals surface area contributed by atoms with Gasteiger partial charge in [-0.1, -0.05) is 54.2 Å². The third-order valence-electron chi connectivity index (χ3n) is 2.16. The van der Waals surface area contributed by atoms with Crippen LogP contribution in [-0.4, -0.2) is 23.2 Å². The molecule has 0 fully saturated rings. The molecule has 1 aromatic carbocycles. The molecule has 0 bridgehead atoms. The molecule has 17 heavy (non-hydrogen) atoms. The van der Waals surface area contributed by atoms with Crippen molar-refractivity contribution in [3.63, 3.8) is 0 Å². The topological polar surface area (TPSA) is 20.3 Å². The zero-order chi connectivity index (χ0) is 12.5. The minimum absolute atomic E-state index is 0.0636. The molecule has 3 heteroatoms. The predicted octanol–water partition coefficient (Wildman–Crippen LogP) is 3.71. The van der Waals surface area contributed by atoms with Gasteiger partial charge in [0.1, 0.15) is 0 Å². The van der Waals surface area contributed by atoms with Gasteiger partial charge in [0.05, 0.1) is 0 Å². The highest BCUT2D eigenvalue weighted by atomic mass is 32.2. The maximum Gasteiger partial charge on any atom is 0.282 e. The average molecular weight is 247 g/mol. The van der Waals surface area contributed by atoms with E-state index in [1.54, 1.807) is 17.1 Å². The Labute approximate surface area is 107 Å². The second-order valence-electron chi connectivity index (χ2n) is 3.52. The lowest BCUT2D eigenvalue weighted by Gasteiger charge is -2.18. The van der Waals surface area contributed by atoms with Gasteiger partial charge in [0.25, 0.3) is 5.24 Å². The summed E-state index contributed by atoms with van der Waals surface area (Å²) in [5, 5.41) is 0.0636. The third-order valence-corrected chi connectivity index (χ3v) is 3.15. The second kappa shape index (κ2) is 7.74. The van der Waals surface area contributed by atoms with E-state index in [-0.39, 0.29) is 5.24 Å². The van der Waals surface area contributed by atoms with Crippen LogP contribution >= 0.6 is 11.8 Å². The molecule has 0 atom stereocenters. The number of carbonyl (C=O) groups excluding carboxylic acids is 1. The molecule has 2 nitrogen and oxygen atoms in total. The number of thioether (sulfide) groups is 1. The molecule has 0 saturated carbocycles. The van der Waals surface area contributed by atoms with Gasteiger partial charge in [-0.3, -0.25) is 4.79 Å². The lowest BCUT2D eigenvalue weighted by atomic mass is 10.2. The fourth-order valence-electron chi connectivity index (χ4n) is 1.35. The zero-order valence-electron chi connectivity index (χ0n) is 9.84. The van der Waals surface area contributed by atoms with E-state index in [4.69, 9.17) is 0 Å². The van der Waals surface area contributed by atoms with E-state index >= 15 is 0 Å². The van der Waals surface area contributed by atoms with Crippen molar-refractivity contribution in [2.45, 2.75) is 5.75 Å². The fourth-order valence-corrected chi connectivity index (χ4v) is 2.16. The molecule has 0 heterocycles. The molecule has 1 aromatic rings. The first-order valence-electron chi connectivity index (χ1n) is 5.45. The van der Waals surface area contributed by atoms with Gasteiger partial charge in [-0.15, -0.1) is 13.2 Å². The van der Waals surface area contributed by atoms with Crippen LogP contribution in [0.3, 0.4) is 0 Å². The van der Waals surface area contributed by atoms with Crippen molar-refractivity contribution in [3.8, 4) is 0 Å². The van der Waals surface area contributed by atoms with Crippen LogP contribution in [0.4, 0.5) is 4.79 Å². The fraction of sp³-hybridized carbons (Fsp3) is 0.214. The van der Waals surface area contributed by atoms with Crippen LogP contribution in [0.15, 0.2) is 55.6 Å². The van der Waals surface area contributed by atoms with E-state index in [0.717, 1.165) is 5.56 Å². The second-order valence-corrected chi connectivity index (χ2v) is 4.45. The summed E-state index contributed by atoms with van der Waals surface area (Å²) in [7, 11) is 0. The molecule has 0 unspecified atom stereocenters. The molecule has 90 valence electrons. The number of amides is 1. The summed E-state index contributed by atoms with van der Waals surface area (Å²) in [5.74, 6) is 0.699. The average Bonchev–Trinajstić information content (AvgIpc) is 2.37. The van der Waals surface area contributed by atoms with Crippen molar-refractivity contribution in [1.82, 2.24) is 4.90 Å². The maximum absolute atomic E-state index is 11.9. The van der Waals surface area contributed by atoms with Gasteiger partial charge >= 0.3 is 0 Å². The number of rotatable bonds is 6. The molecule has 0 aliphatic heterocycles. The first-order valence-corrected chi connectivity index (χ1v) is 6.44. The molecule has 0 aliphatic rings. The monoisotopic (exact) mass is 247 g/mol. The first kappa shape index (κ1) is 13.6. The number of hydrogen-bond donors (Lipinski definition) is 0. The Morgan fingerprint density at radius 3 is 2.29 bits per heavy atom. The van der Waals surface area contributed by atoms with Gasteiger partial charge in [0.2, 0.25) is 0 Å². The summed E-state index contributed by atoms with van der Waals surface area (Å²) in [6, 6.07) is 9.96. The highest BCUT2D eigenvalue weighted by Gasteiger charge is 2.10. The van der Waals surface area contributed by atoms with Crippen LogP contribution in [-0.2, 0) is 5.75 Å². The normalized spacial score (nSPS) is 9.65. The van der Waals surface area contributed by atoms with E-state index in [0.29, 0.717) is 18.8 Å². The van der Waals surface area contributed by atoms with Crippen molar-refractivity contribution in [1.29, 1.82) is 0 Å². The van der Waals surface area contributed by atoms with Crippen LogP contribution < -0.4 is 0 Å². The Balaban J connectivity index is 2.46. The van der Waals surface area contributed by atoms with E-state index in [2.05, 4.69) is 13.2 Å². The molecule has 0 N–H and O–H groups in total. The van der Waals surface area contributed by atoms with Gasteiger partial charge in [-0.2, -0.15) is 0 Å². The highest BCUT2D eigenvalue weighted by molar-refractivity contribution is 8.12. The van der Waals surface area contributed by atoms with Crippen molar-refractivity contribution in [3.05, 3.63) is 61.2 Å². The van der Waals surface area contributed by atoms with Crippen LogP contribution in [0.2, 0.25) is 0 Å². The van der Waals surface area contributed by atoms with Gasteiger partial charge in [-0.05, 0) is 5.56 Å². The summed E-state index contributed by atoms with van der Waals surface area (Å²) in [5.41, 5.74) is 1.16. The lowest BCUT2D eigenvalue weighted by molar-refractivity contribution is 0.233. The predicted molar refractivity (Wildman–Crippen MR) is 75.1 cm³/mol. The lowest BCUT2D eigenvalue weighted by Crippen LogP contribution is -2.27. The van der Waals surface area contributed by atoms with E-state index in [1.807, 2.05) is 30.3 Å². The molecule has 0 spiro atoms. The van der Waals surface area contributed by atoms with Crippen molar-refractivity contribution >= 4 is 17.0 Å². The van der Waals surface area contributed by atoms with Crippen LogP contribution in [0.5, 0.6) is 0 Å². The number of benzene rings is 1. The molecular weight excluding hydrogens is 230 g/mol. The molecule has 1 rings (SSSR count). The SMILES string of the molecule is C=CCN(CC=C)C(=O)SCc1ccccc1. The molecule has 0 aliphatic carbocycles. The summed E-state index contributed by atoms with van der Waals surface area (Å²) >= 11 is 1.31. The molecule has 1 amide bonds. The summed E-state index contributed by atoms with van der Waals surface area (Å²) < 4.78 is 0. The Kier molecular flexibility index (Phi) is 6.18. The Morgan fingerprint density at radius 2 is 1.76 bits per heavy atom. The molecule has 0 radical (unpaired) electrons. The largest absolute Gasteiger partial charge is 0.326 e. The number of carbonyl (C=O) groups is 1. The van der Waals surface area contributed by atoms with Crippen molar-refractivity contribution in [2.75, 3.05) is 13.1 Å². The minimum Gasteiger partial charge on any atom is -0.326 e.